The van der Waals surface area contributed by atoms with E-state index in [-0.39, 0.29) is 36.8 Å². The van der Waals surface area contributed by atoms with Gasteiger partial charge in [0.15, 0.2) is 0 Å². The van der Waals surface area contributed by atoms with Crippen LogP contribution in [0.3, 0.4) is 0 Å². The Balaban J connectivity index is 1.46. The van der Waals surface area contributed by atoms with Gasteiger partial charge >= 0.3 is 17.9 Å². The molecule has 1 N–H and O–H groups in total. The summed E-state index contributed by atoms with van der Waals surface area (Å²) in [5.41, 5.74) is -2.82. The number of imide groups is 1. The molecule has 6 aromatic rings. The van der Waals surface area contributed by atoms with Crippen LogP contribution in [0.15, 0.2) is 152 Å². The minimum Gasteiger partial charge on any atom is -0.477 e. The summed E-state index contributed by atoms with van der Waals surface area (Å²) in [5.74, 6) is -1.14. The van der Waals surface area contributed by atoms with Crippen molar-refractivity contribution in [1.82, 2.24) is 4.98 Å². The maximum Gasteiger partial charge on any atom is 0.426 e. The van der Waals surface area contributed by atoms with Gasteiger partial charge in [-0.05, 0) is 77.9 Å². The van der Waals surface area contributed by atoms with Gasteiger partial charge in [-0.3, -0.25) is 20.2 Å². The third-order valence-electron chi connectivity index (χ3n) is 13.6. The minimum atomic E-state index is -3.56. The maximum atomic E-state index is 14.2. The van der Waals surface area contributed by atoms with E-state index in [4.69, 9.17) is 27.8 Å². The van der Waals surface area contributed by atoms with Gasteiger partial charge in [0, 0.05) is 24.6 Å². The van der Waals surface area contributed by atoms with Crippen LogP contribution in [0.25, 0.3) is 0 Å². The molecule has 7 rings (SSSR count). The van der Waals surface area contributed by atoms with Crippen molar-refractivity contribution in [2.75, 3.05) is 18.1 Å². The summed E-state index contributed by atoms with van der Waals surface area (Å²) >= 11 is 0. The smallest absolute Gasteiger partial charge is 0.426 e. The molecule has 0 saturated carbocycles. The number of nitro benzene ring substituents is 1. The Labute approximate surface area is 464 Å². The number of aliphatic hydroxyl groups is 1. The second kappa shape index (κ2) is 23.7. The predicted octanol–water partition coefficient (Wildman–Crippen LogP) is 10.5. The van der Waals surface area contributed by atoms with Gasteiger partial charge in [-0.25, -0.2) is 9.59 Å². The number of aliphatic hydroxyl groups excluding tert-OH is 1. The summed E-state index contributed by atoms with van der Waals surface area (Å²) in [5, 5.41) is 41.0. The number of aromatic nitrogens is 1. The number of pyridine rings is 1. The Hall–Kier alpha value is -7.14. The van der Waals surface area contributed by atoms with Gasteiger partial charge in [-0.2, -0.15) is 9.88 Å². The molecule has 79 heavy (non-hydrogen) atoms. The predicted molar refractivity (Wildman–Crippen MR) is 308 cm³/mol. The van der Waals surface area contributed by atoms with Crippen LogP contribution in [0.1, 0.15) is 100 Å². The number of rotatable bonds is 17. The Morgan fingerprint density at radius 1 is 0.633 bits per heavy atom. The molecule has 4 atom stereocenters. The lowest BCUT2D eigenvalue weighted by Gasteiger charge is -2.46. The van der Waals surface area contributed by atoms with Gasteiger partial charge in [0.1, 0.15) is 35.6 Å². The van der Waals surface area contributed by atoms with E-state index in [9.17, 15) is 34.9 Å². The highest BCUT2D eigenvalue weighted by atomic mass is 28.4. The Morgan fingerprint density at radius 3 is 1.46 bits per heavy atom. The van der Waals surface area contributed by atoms with Gasteiger partial charge < -0.3 is 32.9 Å². The molecule has 1 aliphatic heterocycles. The zero-order chi connectivity index (χ0) is 57.7. The third-order valence-corrected chi connectivity index (χ3v) is 23.6. The number of nitrogens with zero attached hydrogens (tertiary/aromatic N) is 4. The summed E-state index contributed by atoms with van der Waals surface area (Å²) in [7, 11) is -6.89. The number of carbonyl (C=O) groups excluding carboxylic acids is 2. The number of hydrogen-bond donors (Lipinski definition) is 1. The quantitative estimate of drug-likeness (QED) is 0.0511. The van der Waals surface area contributed by atoms with Crippen molar-refractivity contribution >= 4 is 66.8 Å². The molecule has 1 fully saturated rings. The van der Waals surface area contributed by atoms with Crippen molar-refractivity contribution in [3.8, 4) is 5.88 Å². The van der Waals surface area contributed by atoms with E-state index in [0.29, 0.717) is 10.5 Å². The van der Waals surface area contributed by atoms with Crippen LogP contribution in [-0.2, 0) is 29.5 Å². The molecule has 5 aromatic carbocycles. The minimum absolute atomic E-state index is 0.107. The average Bonchev–Trinajstić information content (AvgIpc) is 3.70. The zero-order valence-electron chi connectivity index (χ0n) is 47.0. The number of anilines is 1. The van der Waals surface area contributed by atoms with Crippen LogP contribution in [0, 0.1) is 20.2 Å². The van der Waals surface area contributed by atoms with E-state index in [1.165, 1.54) is 12.1 Å². The Morgan fingerprint density at radius 2 is 1.06 bits per heavy atom. The van der Waals surface area contributed by atoms with Crippen LogP contribution in [0.5, 0.6) is 5.88 Å². The first-order chi connectivity index (χ1) is 37.1. The third kappa shape index (κ3) is 13.1. The van der Waals surface area contributed by atoms with Crippen molar-refractivity contribution in [3.63, 3.8) is 0 Å². The molecule has 17 nitrogen and oxygen atoms in total. The topological polar surface area (TPSA) is 212 Å². The molecule has 2 heterocycles. The summed E-state index contributed by atoms with van der Waals surface area (Å²) in [6, 6.07) is 46.8. The van der Waals surface area contributed by atoms with Crippen LogP contribution in [0.2, 0.25) is 10.1 Å². The lowest BCUT2D eigenvalue weighted by atomic mass is 10.0. The maximum absolute atomic E-state index is 14.2. The SMILES string of the molecule is CC(C)(C)OC(=O)N(C(=O)OC(C)(C)C)c1nc(OCCc2ccc([N+](=O)[O-])cc2)c([C@@H]2O[C@H](CO[Si](c3ccccc3)(c3ccccc3)C(C)(C)C)[C@H](O[Si](c3ccccc3)(c3ccccc3)C(C)(C)C)[C@H]2O)cc1[N+](=O)[O-]. The van der Waals surface area contributed by atoms with Crippen molar-refractivity contribution in [3.05, 3.63) is 183 Å². The van der Waals surface area contributed by atoms with E-state index in [0.717, 1.165) is 26.8 Å². The molecule has 1 saturated heterocycles. The lowest BCUT2D eigenvalue weighted by Crippen LogP contribution is -2.69. The molecular formula is C60H72N4O13Si2. The molecule has 1 aliphatic rings. The summed E-state index contributed by atoms with van der Waals surface area (Å²) in [4.78, 5) is 57.0. The van der Waals surface area contributed by atoms with E-state index >= 15 is 0 Å². The van der Waals surface area contributed by atoms with E-state index in [1.54, 1.807) is 53.7 Å². The van der Waals surface area contributed by atoms with Crippen LogP contribution in [0.4, 0.5) is 26.8 Å². The summed E-state index contributed by atoms with van der Waals surface area (Å²) in [6.07, 6.45) is -7.85. The van der Waals surface area contributed by atoms with Gasteiger partial charge in [-0.1, -0.05) is 175 Å². The van der Waals surface area contributed by atoms with Gasteiger partial charge in [-0.15, -0.1) is 0 Å². The van der Waals surface area contributed by atoms with Crippen LogP contribution >= 0.6 is 0 Å². The van der Waals surface area contributed by atoms with E-state index in [2.05, 4.69) is 70.8 Å². The number of amides is 2. The van der Waals surface area contributed by atoms with E-state index < -0.39 is 95.9 Å². The lowest BCUT2D eigenvalue weighted by molar-refractivity contribution is -0.384. The number of carbonyl (C=O) groups is 2. The highest BCUT2D eigenvalue weighted by Crippen LogP contribution is 2.47. The fourth-order valence-corrected chi connectivity index (χ4v) is 19.4. The van der Waals surface area contributed by atoms with Crippen LogP contribution < -0.4 is 30.4 Å². The molecule has 1 aromatic heterocycles. The monoisotopic (exact) mass is 1110 g/mol. The fraction of sp³-hybridized carbons (Fsp3) is 0.383. The zero-order valence-corrected chi connectivity index (χ0v) is 49.0. The van der Waals surface area contributed by atoms with E-state index in [1.807, 2.05) is 97.1 Å². The highest BCUT2D eigenvalue weighted by molar-refractivity contribution is 7.00. The number of nitro groups is 2. The van der Waals surface area contributed by atoms with Gasteiger partial charge in [0.2, 0.25) is 11.7 Å². The molecule has 0 spiro atoms. The second-order valence-electron chi connectivity index (χ2n) is 23.6. The first-order valence-corrected chi connectivity index (χ1v) is 30.1. The standard InChI is InChI=1S/C60H72N4O13Si2/c1-57(2,3)75-55(66)62(56(67)76-58(4,5)6)53-48(64(70)71)39-47(54(61-53)72-38-37-41-33-35-42(36-34-41)63(68)69)51-50(65)52(77-79(60(10,11)12,45-29-21-15-22-30-45)46-31-23-16-24-32-46)49(74-51)40-73-78(59(7,8)9,43-25-17-13-18-26-43)44-27-19-14-20-28-44/h13-36,39,49-52,65H,37-38,40H2,1-12H3/t49-,50+,51+,52+/m1/s1. The van der Waals surface area contributed by atoms with Gasteiger partial charge in [0.05, 0.1) is 28.6 Å². The van der Waals surface area contributed by atoms with Crippen LogP contribution in [-0.4, -0.2) is 91.5 Å². The highest BCUT2D eigenvalue weighted by Gasteiger charge is 2.58. The largest absolute Gasteiger partial charge is 0.477 e. The molecule has 418 valence electrons. The first-order valence-electron chi connectivity index (χ1n) is 26.3. The molecular weight excluding hydrogens is 1040 g/mol. The normalized spacial score (nSPS) is 17.2. The molecule has 2 amide bonds. The number of non-ortho nitro benzene ring substituents is 1. The number of ether oxygens (including phenoxy) is 4. The Kier molecular flexibility index (Phi) is 17.8. The molecule has 0 radical (unpaired) electrons. The summed E-state index contributed by atoms with van der Waals surface area (Å²) < 4.78 is 40.2. The number of benzene rings is 5. The molecule has 0 aliphatic carbocycles. The summed E-state index contributed by atoms with van der Waals surface area (Å²) in [6.45, 7) is 21.8. The van der Waals surface area contributed by atoms with Crippen molar-refractivity contribution in [2.45, 2.75) is 135 Å². The molecule has 0 unspecified atom stereocenters. The second-order valence-corrected chi connectivity index (χ2v) is 32.2. The average molecular weight is 1110 g/mol. The van der Waals surface area contributed by atoms with Crippen molar-refractivity contribution in [1.29, 1.82) is 0 Å². The Bertz CT molecular complexity index is 2970. The van der Waals surface area contributed by atoms with Crippen molar-refractivity contribution in [2.24, 2.45) is 0 Å². The molecule has 0 bridgehead atoms. The van der Waals surface area contributed by atoms with Crippen molar-refractivity contribution < 1.29 is 52.3 Å². The number of hydrogen-bond acceptors (Lipinski definition) is 14. The molecule has 19 heteroatoms. The fourth-order valence-electron chi connectivity index (χ4n) is 10.2. The van der Waals surface area contributed by atoms with Gasteiger partial charge in [0.25, 0.3) is 22.3 Å². The first kappa shape index (κ1) is 59.5.